The minimum absolute atomic E-state index is 0.0924. The number of hydrogen-bond donors (Lipinski definition) is 1. The van der Waals surface area contributed by atoms with Crippen LogP contribution >= 0.6 is 0 Å². The maximum Gasteiger partial charge on any atom is 0.228 e. The molecule has 0 radical (unpaired) electrons. The van der Waals surface area contributed by atoms with Gasteiger partial charge in [0.15, 0.2) is 0 Å². The number of rotatable bonds is 4. The van der Waals surface area contributed by atoms with Gasteiger partial charge in [-0.25, -0.2) is 4.39 Å². The van der Waals surface area contributed by atoms with Gasteiger partial charge >= 0.3 is 0 Å². The van der Waals surface area contributed by atoms with E-state index in [4.69, 9.17) is 5.73 Å². The number of amides is 1. The molecule has 0 saturated carbocycles. The third-order valence-corrected chi connectivity index (χ3v) is 6.90. The molecule has 0 bridgehead atoms. The average Bonchev–Trinajstić information content (AvgIpc) is 3.27. The van der Waals surface area contributed by atoms with Crippen molar-refractivity contribution in [1.82, 2.24) is 19.7 Å². The fraction of sp³-hybridized carbons (Fsp3) is 0.478. The molecule has 6 nitrogen and oxygen atoms in total. The van der Waals surface area contributed by atoms with Gasteiger partial charge in [-0.2, -0.15) is 0 Å². The molecule has 3 aliphatic rings. The molecule has 2 N–H and O–H groups in total. The third-order valence-electron chi connectivity index (χ3n) is 6.90. The highest BCUT2D eigenvalue weighted by Gasteiger charge is 2.44. The van der Waals surface area contributed by atoms with Crippen LogP contribution in [0.15, 0.2) is 36.4 Å². The first kappa shape index (κ1) is 19.5. The van der Waals surface area contributed by atoms with Crippen LogP contribution in [-0.2, 0) is 11.2 Å². The van der Waals surface area contributed by atoms with Crippen LogP contribution in [0.5, 0.6) is 0 Å². The second-order valence-electron chi connectivity index (χ2n) is 9.06. The lowest BCUT2D eigenvalue weighted by molar-refractivity contribution is -0.129. The van der Waals surface area contributed by atoms with E-state index in [2.05, 4.69) is 21.8 Å². The summed E-state index contributed by atoms with van der Waals surface area (Å²) in [5.41, 5.74) is 8.74. The van der Waals surface area contributed by atoms with E-state index in [9.17, 15) is 9.18 Å². The largest absolute Gasteiger partial charge is 0.397 e. The van der Waals surface area contributed by atoms with Gasteiger partial charge in [0.2, 0.25) is 5.91 Å². The maximum atomic E-state index is 13.2. The summed E-state index contributed by atoms with van der Waals surface area (Å²) < 4.78 is 13.2. The van der Waals surface area contributed by atoms with Gasteiger partial charge in [-0.05, 0) is 55.3 Å². The Balaban J connectivity index is 1.22. The van der Waals surface area contributed by atoms with E-state index in [1.54, 1.807) is 18.2 Å². The van der Waals surface area contributed by atoms with Gasteiger partial charge in [0.25, 0.3) is 0 Å². The predicted octanol–water partition coefficient (Wildman–Crippen LogP) is 1.72. The van der Waals surface area contributed by atoms with E-state index in [1.807, 2.05) is 11.0 Å². The van der Waals surface area contributed by atoms with Crippen LogP contribution in [0, 0.1) is 17.7 Å². The Kier molecular flexibility index (Phi) is 4.95. The zero-order valence-corrected chi connectivity index (χ0v) is 17.3. The summed E-state index contributed by atoms with van der Waals surface area (Å²) in [6, 6.07) is 10.5. The first-order valence-electron chi connectivity index (χ1n) is 10.7. The topological polar surface area (TPSA) is 65.7 Å². The van der Waals surface area contributed by atoms with Gasteiger partial charge in [-0.1, -0.05) is 0 Å². The van der Waals surface area contributed by atoms with Crippen LogP contribution < -0.4 is 5.73 Å². The van der Waals surface area contributed by atoms with Crippen molar-refractivity contribution < 1.29 is 9.18 Å². The van der Waals surface area contributed by atoms with Crippen molar-refractivity contribution in [2.24, 2.45) is 11.8 Å². The van der Waals surface area contributed by atoms with E-state index < -0.39 is 0 Å². The summed E-state index contributed by atoms with van der Waals surface area (Å²) in [7, 11) is 2.17. The lowest BCUT2D eigenvalue weighted by Crippen LogP contribution is -2.57. The van der Waals surface area contributed by atoms with Crippen LogP contribution in [0.3, 0.4) is 0 Å². The minimum atomic E-state index is -0.285. The fourth-order valence-electron chi connectivity index (χ4n) is 5.12. The number of benzene rings is 1. The summed E-state index contributed by atoms with van der Waals surface area (Å²) >= 11 is 0. The molecule has 2 aromatic rings. The molecule has 0 spiro atoms. The van der Waals surface area contributed by atoms with Crippen molar-refractivity contribution in [1.29, 1.82) is 0 Å². The lowest BCUT2D eigenvalue weighted by Gasteiger charge is -2.42. The van der Waals surface area contributed by atoms with Gasteiger partial charge in [-0.15, -0.1) is 0 Å². The number of aromatic nitrogens is 1. The number of anilines is 1. The number of likely N-dealkylation sites (tertiary alicyclic amines) is 3. The minimum Gasteiger partial charge on any atom is -0.397 e. The maximum absolute atomic E-state index is 13.2. The monoisotopic (exact) mass is 409 g/mol. The molecule has 2 unspecified atom stereocenters. The summed E-state index contributed by atoms with van der Waals surface area (Å²) in [6.07, 6.45) is 0.206. The molecule has 3 saturated heterocycles. The highest BCUT2D eigenvalue weighted by atomic mass is 19.1. The molecule has 30 heavy (non-hydrogen) atoms. The van der Waals surface area contributed by atoms with Crippen LogP contribution in [0.2, 0.25) is 0 Å². The van der Waals surface area contributed by atoms with Crippen LogP contribution in [0.1, 0.15) is 5.69 Å². The molecule has 1 amide bonds. The fourth-order valence-corrected chi connectivity index (χ4v) is 5.12. The van der Waals surface area contributed by atoms with Crippen molar-refractivity contribution in [2.45, 2.75) is 12.5 Å². The Hall–Kier alpha value is -2.51. The first-order valence-corrected chi connectivity index (χ1v) is 10.7. The number of fused-ring (bicyclic) bond motifs is 1. The Morgan fingerprint density at radius 2 is 1.70 bits per heavy atom. The predicted molar refractivity (Wildman–Crippen MR) is 114 cm³/mol. The van der Waals surface area contributed by atoms with E-state index >= 15 is 0 Å². The van der Waals surface area contributed by atoms with Crippen molar-refractivity contribution >= 4 is 11.6 Å². The Morgan fingerprint density at radius 3 is 2.33 bits per heavy atom. The van der Waals surface area contributed by atoms with Crippen LogP contribution in [0.4, 0.5) is 10.1 Å². The Bertz CT molecular complexity index is 929. The van der Waals surface area contributed by atoms with Crippen molar-refractivity contribution in [3.63, 3.8) is 0 Å². The van der Waals surface area contributed by atoms with Gasteiger partial charge in [0.05, 0.1) is 23.5 Å². The third kappa shape index (κ3) is 3.68. The molecule has 1 aromatic carbocycles. The molecule has 0 aliphatic carbocycles. The molecular weight excluding hydrogens is 381 g/mol. The average molecular weight is 410 g/mol. The number of nitrogens with zero attached hydrogens (tertiary/aromatic N) is 4. The van der Waals surface area contributed by atoms with E-state index in [0.717, 1.165) is 44.8 Å². The molecule has 3 fully saturated rings. The van der Waals surface area contributed by atoms with Gasteiger partial charge in [0, 0.05) is 50.9 Å². The highest BCUT2D eigenvalue weighted by molar-refractivity contribution is 5.80. The van der Waals surface area contributed by atoms with Crippen molar-refractivity contribution in [2.75, 3.05) is 52.0 Å². The molecule has 7 heteroatoms. The molecule has 1 aromatic heterocycles. The zero-order valence-electron chi connectivity index (χ0n) is 17.3. The number of carbonyl (C=O) groups is 1. The number of likely N-dealkylation sites (N-methyl/N-ethyl adjacent to an activating group) is 1. The van der Waals surface area contributed by atoms with Gasteiger partial charge in [-0.3, -0.25) is 14.7 Å². The smallest absolute Gasteiger partial charge is 0.228 e. The number of nitrogen functional groups attached to an aromatic ring is 1. The zero-order chi connectivity index (χ0) is 20.8. The van der Waals surface area contributed by atoms with E-state index in [-0.39, 0.29) is 18.1 Å². The molecule has 2 atom stereocenters. The number of pyridine rings is 1. The van der Waals surface area contributed by atoms with Gasteiger partial charge < -0.3 is 15.5 Å². The summed E-state index contributed by atoms with van der Waals surface area (Å²) in [5.74, 6) is 0.966. The first-order chi connectivity index (χ1) is 14.5. The number of hydrogen-bond acceptors (Lipinski definition) is 5. The Morgan fingerprint density at radius 1 is 1.03 bits per heavy atom. The van der Waals surface area contributed by atoms with E-state index in [0.29, 0.717) is 35.0 Å². The van der Waals surface area contributed by atoms with E-state index in [1.165, 1.54) is 12.1 Å². The standard InChI is InChI=1S/C23H28FN5O/c1-27-13-19(14-27)28-9-16-11-29(12-17(16)10-28)23(30)8-22-20(25)6-7-21(26-22)15-2-4-18(24)5-3-15/h2-7,16-17,19H,8-14,25H2,1H3. The Labute approximate surface area is 176 Å². The number of carbonyl (C=O) groups excluding carboxylic acids is 1. The second kappa shape index (κ2) is 7.63. The van der Waals surface area contributed by atoms with Crippen molar-refractivity contribution in [3.05, 3.63) is 47.9 Å². The normalized spacial score (nSPS) is 24.8. The molecule has 3 aliphatic heterocycles. The summed E-state index contributed by atoms with van der Waals surface area (Å²) in [6.45, 7) is 6.20. The van der Waals surface area contributed by atoms with Crippen molar-refractivity contribution in [3.8, 4) is 11.3 Å². The molecule has 4 heterocycles. The lowest BCUT2D eigenvalue weighted by atomic mass is 10.0. The number of nitrogens with two attached hydrogens (primary N) is 1. The summed E-state index contributed by atoms with van der Waals surface area (Å²) in [4.78, 5) is 24.5. The SMILES string of the molecule is CN1CC(N2CC3CN(C(=O)Cc4nc(-c5ccc(F)cc5)ccc4N)CC3C2)C1. The summed E-state index contributed by atoms with van der Waals surface area (Å²) in [5, 5.41) is 0. The number of halogens is 1. The highest BCUT2D eigenvalue weighted by Crippen LogP contribution is 2.34. The molecule has 158 valence electrons. The quantitative estimate of drug-likeness (QED) is 0.833. The second-order valence-corrected chi connectivity index (χ2v) is 9.06. The van der Waals surface area contributed by atoms with Crippen LogP contribution in [-0.4, -0.2) is 77.9 Å². The molecular formula is C23H28FN5O. The van der Waals surface area contributed by atoms with Gasteiger partial charge in [0.1, 0.15) is 5.82 Å². The molecule has 5 rings (SSSR count). The van der Waals surface area contributed by atoms with Crippen LogP contribution in [0.25, 0.3) is 11.3 Å².